The molecule has 0 amide bonds. The van der Waals surface area contributed by atoms with Crippen molar-refractivity contribution in [3.05, 3.63) is 59.2 Å². The Morgan fingerprint density at radius 1 is 0.875 bits per heavy atom. The van der Waals surface area contributed by atoms with Crippen LogP contribution in [0.3, 0.4) is 0 Å². The predicted molar refractivity (Wildman–Crippen MR) is 81.4 cm³/mol. The second kappa shape index (κ2) is 6.98. The molecule has 0 saturated carbocycles. The maximum atomic E-state index is 11.8. The van der Waals surface area contributed by atoms with Crippen molar-refractivity contribution in [3.8, 4) is 23.8 Å². The van der Waals surface area contributed by atoms with E-state index in [1.807, 2.05) is 0 Å². The summed E-state index contributed by atoms with van der Waals surface area (Å²) >= 11 is 0. The number of ether oxygens (including phenoxy) is 2. The number of carbonyl (C=O) groups is 3. The van der Waals surface area contributed by atoms with E-state index in [4.69, 9.17) is 26.1 Å². The summed E-state index contributed by atoms with van der Waals surface area (Å²) in [6, 6.07) is 9.07. The number of carboxylic acids is 2. The van der Waals surface area contributed by atoms with Crippen LogP contribution in [0.5, 0.6) is 11.5 Å². The Bertz CT molecular complexity index is 829. The van der Waals surface area contributed by atoms with Crippen LogP contribution >= 0.6 is 0 Å². The van der Waals surface area contributed by atoms with Crippen molar-refractivity contribution in [2.45, 2.75) is 0 Å². The highest BCUT2D eigenvalue weighted by Gasteiger charge is 2.15. The molecule has 0 spiro atoms. The van der Waals surface area contributed by atoms with Crippen molar-refractivity contribution in [1.29, 1.82) is 0 Å². The zero-order valence-electron chi connectivity index (χ0n) is 12.1. The number of hydrogen-bond acceptors (Lipinski definition) is 5. The fraction of sp³-hybridized carbons (Fsp3) is 0. The van der Waals surface area contributed by atoms with Crippen molar-refractivity contribution in [1.82, 2.24) is 0 Å². The molecule has 0 aliphatic carbocycles. The normalized spacial score (nSPS) is 9.62. The molecule has 0 aliphatic heterocycles. The molecular weight excluding hydrogens is 316 g/mol. The summed E-state index contributed by atoms with van der Waals surface area (Å²) in [5.74, 6) is -0.503. The topological polar surface area (TPSA) is 110 Å². The van der Waals surface area contributed by atoms with E-state index in [0.29, 0.717) is 5.56 Å². The molecule has 0 radical (unpaired) electrons. The van der Waals surface area contributed by atoms with E-state index < -0.39 is 18.1 Å². The van der Waals surface area contributed by atoms with Crippen LogP contribution in [-0.2, 0) is 0 Å². The number of benzene rings is 2. The molecule has 2 N–H and O–H groups in total. The minimum atomic E-state index is -1.36. The van der Waals surface area contributed by atoms with E-state index in [1.54, 1.807) is 12.1 Å². The van der Waals surface area contributed by atoms with Gasteiger partial charge in [0.15, 0.2) is 0 Å². The maximum Gasteiger partial charge on any atom is 0.519 e. The highest BCUT2D eigenvalue weighted by Crippen LogP contribution is 2.19. The van der Waals surface area contributed by atoms with E-state index in [9.17, 15) is 14.4 Å². The number of hydrogen-bond donors (Lipinski definition) is 2. The first-order valence-electron chi connectivity index (χ1n) is 6.47. The van der Waals surface area contributed by atoms with Gasteiger partial charge in [0.2, 0.25) is 0 Å². The number of carboxylic acid groups (broad SMARTS) is 2. The van der Waals surface area contributed by atoms with Gasteiger partial charge in [-0.05, 0) is 36.4 Å². The average molecular weight is 326 g/mol. The molecule has 0 fully saturated rings. The van der Waals surface area contributed by atoms with E-state index in [0.717, 1.165) is 18.2 Å². The van der Waals surface area contributed by atoms with Crippen LogP contribution in [0.2, 0.25) is 0 Å². The van der Waals surface area contributed by atoms with Gasteiger partial charge in [-0.25, -0.2) is 14.4 Å². The first-order chi connectivity index (χ1) is 11.4. The third-order valence-electron chi connectivity index (χ3n) is 2.80. The fourth-order valence-corrected chi connectivity index (χ4v) is 1.77. The summed E-state index contributed by atoms with van der Waals surface area (Å²) < 4.78 is 9.74. The summed E-state index contributed by atoms with van der Waals surface area (Å²) in [6.07, 6.45) is 4.07. The Kier molecular flexibility index (Phi) is 4.82. The minimum Gasteiger partial charge on any atom is -0.478 e. The van der Waals surface area contributed by atoms with Crippen LogP contribution in [0.15, 0.2) is 42.5 Å². The molecule has 0 atom stereocenters. The summed E-state index contributed by atoms with van der Waals surface area (Å²) in [6.45, 7) is 0. The Hall–Kier alpha value is -3.79. The lowest BCUT2D eigenvalue weighted by atomic mass is 10.1. The first-order valence-corrected chi connectivity index (χ1v) is 6.47. The Morgan fingerprint density at radius 2 is 1.46 bits per heavy atom. The minimum absolute atomic E-state index is 0.128. The van der Waals surface area contributed by atoms with Gasteiger partial charge in [-0.1, -0.05) is 12.0 Å². The van der Waals surface area contributed by atoms with Crippen molar-refractivity contribution >= 4 is 18.1 Å². The largest absolute Gasteiger partial charge is 0.519 e. The Balaban J connectivity index is 2.20. The monoisotopic (exact) mass is 326 g/mol. The Labute approximate surface area is 136 Å². The van der Waals surface area contributed by atoms with Crippen molar-refractivity contribution in [3.63, 3.8) is 0 Å². The van der Waals surface area contributed by atoms with Gasteiger partial charge in [-0.2, -0.15) is 0 Å². The number of carbonyl (C=O) groups excluding carboxylic acids is 1. The number of aromatic carboxylic acids is 2. The van der Waals surface area contributed by atoms with Gasteiger partial charge in [0.1, 0.15) is 11.5 Å². The van der Waals surface area contributed by atoms with Crippen LogP contribution < -0.4 is 9.47 Å². The molecule has 0 saturated heterocycles. The standard InChI is InChI=1S/C17H10O7/c1-2-10-4-3-5-13(6-10)23-17(22)24-14-8-11(15(18)19)7-12(9-14)16(20)21/h1,3-9H,(H,18,19)(H,20,21). The molecule has 0 heterocycles. The fourth-order valence-electron chi connectivity index (χ4n) is 1.77. The summed E-state index contributed by atoms with van der Waals surface area (Å²) in [4.78, 5) is 33.7. The number of terminal acetylenes is 1. The molecule has 120 valence electrons. The molecule has 24 heavy (non-hydrogen) atoms. The zero-order valence-corrected chi connectivity index (χ0v) is 12.1. The summed E-state index contributed by atoms with van der Waals surface area (Å²) in [5, 5.41) is 17.9. The van der Waals surface area contributed by atoms with Crippen LogP contribution in [0.25, 0.3) is 0 Å². The van der Waals surface area contributed by atoms with Crippen LogP contribution in [0.4, 0.5) is 4.79 Å². The summed E-state index contributed by atoms with van der Waals surface area (Å²) in [5.41, 5.74) is -0.194. The molecule has 0 aromatic heterocycles. The average Bonchev–Trinajstić information content (AvgIpc) is 2.54. The van der Waals surface area contributed by atoms with Gasteiger partial charge in [0.25, 0.3) is 0 Å². The van der Waals surface area contributed by atoms with Crippen molar-refractivity contribution in [2.75, 3.05) is 0 Å². The van der Waals surface area contributed by atoms with Crippen molar-refractivity contribution in [2.24, 2.45) is 0 Å². The second-order valence-electron chi connectivity index (χ2n) is 4.48. The Morgan fingerprint density at radius 3 is 2.00 bits per heavy atom. The zero-order chi connectivity index (χ0) is 17.7. The van der Waals surface area contributed by atoms with Gasteiger partial charge >= 0.3 is 18.1 Å². The SMILES string of the molecule is C#Cc1cccc(OC(=O)Oc2cc(C(=O)O)cc(C(=O)O)c2)c1. The third-order valence-corrected chi connectivity index (χ3v) is 2.80. The molecule has 2 rings (SSSR count). The van der Waals surface area contributed by atoms with E-state index in [-0.39, 0.29) is 22.6 Å². The molecule has 0 unspecified atom stereocenters. The van der Waals surface area contributed by atoms with Gasteiger partial charge in [0, 0.05) is 5.56 Å². The van der Waals surface area contributed by atoms with E-state index in [1.165, 1.54) is 12.1 Å². The molecule has 0 bridgehead atoms. The highest BCUT2D eigenvalue weighted by molar-refractivity contribution is 5.94. The quantitative estimate of drug-likeness (QED) is 0.505. The smallest absolute Gasteiger partial charge is 0.478 e. The van der Waals surface area contributed by atoms with E-state index >= 15 is 0 Å². The molecule has 2 aromatic rings. The van der Waals surface area contributed by atoms with Gasteiger partial charge in [-0.3, -0.25) is 0 Å². The maximum absolute atomic E-state index is 11.8. The predicted octanol–water partition coefficient (Wildman–Crippen LogP) is 2.64. The van der Waals surface area contributed by atoms with Crippen LogP contribution in [0.1, 0.15) is 26.3 Å². The lowest BCUT2D eigenvalue weighted by molar-refractivity contribution is 0.0696. The summed E-state index contributed by atoms with van der Waals surface area (Å²) in [7, 11) is 0. The lowest BCUT2D eigenvalue weighted by Crippen LogP contribution is -2.15. The lowest BCUT2D eigenvalue weighted by Gasteiger charge is -2.07. The molecule has 0 aliphatic rings. The molecular formula is C17H10O7. The third kappa shape index (κ3) is 4.11. The van der Waals surface area contributed by atoms with Crippen LogP contribution in [-0.4, -0.2) is 28.3 Å². The molecule has 7 nitrogen and oxygen atoms in total. The molecule has 7 heteroatoms. The second-order valence-corrected chi connectivity index (χ2v) is 4.48. The van der Waals surface area contributed by atoms with Crippen LogP contribution in [0, 0.1) is 12.3 Å². The van der Waals surface area contributed by atoms with Gasteiger partial charge in [0.05, 0.1) is 11.1 Å². The van der Waals surface area contributed by atoms with Gasteiger partial charge < -0.3 is 19.7 Å². The highest BCUT2D eigenvalue weighted by atomic mass is 16.7. The van der Waals surface area contributed by atoms with Gasteiger partial charge in [-0.15, -0.1) is 6.42 Å². The number of rotatable bonds is 4. The van der Waals surface area contributed by atoms with E-state index in [2.05, 4.69) is 5.92 Å². The first kappa shape index (κ1) is 16.6. The molecule has 2 aromatic carbocycles. The van der Waals surface area contributed by atoms with Crippen molar-refractivity contribution < 1.29 is 34.1 Å².